The molecule has 0 saturated carbocycles. The molecule has 2 aromatic carbocycles. The predicted molar refractivity (Wildman–Crippen MR) is 77.1 cm³/mol. The molecular weight excluding hydrogens is 253 g/mol. The Morgan fingerprint density at radius 2 is 2.00 bits per heavy atom. The summed E-state index contributed by atoms with van der Waals surface area (Å²) >= 11 is 0. The van der Waals surface area contributed by atoms with E-state index in [2.05, 4.69) is 0 Å². The maximum absolute atomic E-state index is 13.8. The van der Waals surface area contributed by atoms with Crippen molar-refractivity contribution in [3.63, 3.8) is 0 Å². The van der Waals surface area contributed by atoms with E-state index in [0.29, 0.717) is 24.2 Å². The lowest BCUT2D eigenvalue weighted by atomic mass is 10.1. The van der Waals surface area contributed by atoms with Crippen molar-refractivity contribution < 1.29 is 4.39 Å². The molecule has 0 radical (unpaired) electrons. The summed E-state index contributed by atoms with van der Waals surface area (Å²) in [5.41, 5.74) is 8.46. The van der Waals surface area contributed by atoms with Gasteiger partial charge in [0, 0.05) is 24.3 Å². The smallest absolute Gasteiger partial charge is 0.129 e. The molecule has 0 saturated heterocycles. The minimum Gasteiger partial charge on any atom is -0.399 e. The SMILES string of the molecule is CN(Cc1cccc(N)c1)Cc1ccc(C#N)cc1F. The highest BCUT2D eigenvalue weighted by Crippen LogP contribution is 2.14. The van der Waals surface area contributed by atoms with Crippen molar-refractivity contribution in [2.24, 2.45) is 0 Å². The molecule has 3 nitrogen and oxygen atoms in total. The molecule has 0 amide bonds. The Bertz CT molecular complexity index is 646. The summed E-state index contributed by atoms with van der Waals surface area (Å²) in [6.07, 6.45) is 0. The minimum atomic E-state index is -0.344. The Morgan fingerprint density at radius 1 is 1.20 bits per heavy atom. The Hall–Kier alpha value is -2.38. The van der Waals surface area contributed by atoms with Gasteiger partial charge in [0.25, 0.3) is 0 Å². The van der Waals surface area contributed by atoms with Crippen LogP contribution in [-0.2, 0) is 13.1 Å². The fraction of sp³-hybridized carbons (Fsp3) is 0.188. The van der Waals surface area contributed by atoms with Crippen LogP contribution >= 0.6 is 0 Å². The molecular formula is C16H16FN3. The topological polar surface area (TPSA) is 53.0 Å². The Labute approximate surface area is 118 Å². The van der Waals surface area contributed by atoms with Crippen LogP contribution in [0.1, 0.15) is 16.7 Å². The van der Waals surface area contributed by atoms with E-state index in [4.69, 9.17) is 11.0 Å². The van der Waals surface area contributed by atoms with Gasteiger partial charge in [-0.2, -0.15) is 5.26 Å². The maximum Gasteiger partial charge on any atom is 0.129 e. The van der Waals surface area contributed by atoms with E-state index in [-0.39, 0.29) is 5.82 Å². The lowest BCUT2D eigenvalue weighted by Crippen LogP contribution is -2.18. The van der Waals surface area contributed by atoms with Crippen molar-refractivity contribution in [1.29, 1.82) is 5.26 Å². The van der Waals surface area contributed by atoms with Gasteiger partial charge in [-0.15, -0.1) is 0 Å². The number of nitrogens with two attached hydrogens (primary N) is 1. The highest BCUT2D eigenvalue weighted by molar-refractivity contribution is 5.40. The zero-order chi connectivity index (χ0) is 14.5. The summed E-state index contributed by atoms with van der Waals surface area (Å²) in [5.74, 6) is -0.344. The molecule has 0 aromatic heterocycles. The number of nitrogen functional groups attached to an aromatic ring is 1. The fourth-order valence-corrected chi connectivity index (χ4v) is 2.09. The van der Waals surface area contributed by atoms with Crippen LogP contribution in [-0.4, -0.2) is 11.9 Å². The van der Waals surface area contributed by atoms with Crippen LogP contribution in [0.25, 0.3) is 0 Å². The fourth-order valence-electron chi connectivity index (χ4n) is 2.09. The zero-order valence-corrected chi connectivity index (χ0v) is 11.3. The van der Waals surface area contributed by atoms with Crippen LogP contribution in [0, 0.1) is 17.1 Å². The summed E-state index contributed by atoms with van der Waals surface area (Å²) in [5, 5.41) is 8.72. The molecule has 0 heterocycles. The van der Waals surface area contributed by atoms with Crippen molar-refractivity contribution in [3.8, 4) is 6.07 Å². The molecule has 0 atom stereocenters. The lowest BCUT2D eigenvalue weighted by molar-refractivity contribution is 0.313. The zero-order valence-electron chi connectivity index (χ0n) is 11.3. The number of rotatable bonds is 4. The first-order chi connectivity index (χ1) is 9.58. The second-order valence-corrected chi connectivity index (χ2v) is 4.84. The Balaban J connectivity index is 2.05. The summed E-state index contributed by atoms with van der Waals surface area (Å²) in [4.78, 5) is 2.00. The van der Waals surface area contributed by atoms with Crippen LogP contribution < -0.4 is 5.73 Å². The van der Waals surface area contributed by atoms with Gasteiger partial charge in [0.15, 0.2) is 0 Å². The van der Waals surface area contributed by atoms with E-state index < -0.39 is 0 Å². The number of halogens is 1. The molecule has 20 heavy (non-hydrogen) atoms. The first-order valence-corrected chi connectivity index (χ1v) is 6.30. The first kappa shape index (κ1) is 14.0. The highest BCUT2D eigenvalue weighted by Gasteiger charge is 2.07. The van der Waals surface area contributed by atoms with E-state index in [1.54, 1.807) is 12.1 Å². The molecule has 0 fully saturated rings. The number of anilines is 1. The van der Waals surface area contributed by atoms with Crippen LogP contribution in [0.2, 0.25) is 0 Å². The average Bonchev–Trinajstić information content (AvgIpc) is 2.41. The van der Waals surface area contributed by atoms with Gasteiger partial charge in [-0.05, 0) is 36.9 Å². The third-order valence-electron chi connectivity index (χ3n) is 3.03. The molecule has 102 valence electrons. The van der Waals surface area contributed by atoms with Crippen LogP contribution in [0.3, 0.4) is 0 Å². The first-order valence-electron chi connectivity index (χ1n) is 6.30. The van der Waals surface area contributed by atoms with Gasteiger partial charge in [-0.3, -0.25) is 4.90 Å². The number of hydrogen-bond donors (Lipinski definition) is 1. The number of nitriles is 1. The van der Waals surface area contributed by atoms with Gasteiger partial charge in [-0.1, -0.05) is 18.2 Å². The van der Waals surface area contributed by atoms with Gasteiger partial charge in [0.2, 0.25) is 0 Å². The molecule has 0 aliphatic rings. The molecule has 0 aliphatic heterocycles. The van der Waals surface area contributed by atoms with Crippen molar-refractivity contribution in [1.82, 2.24) is 4.90 Å². The monoisotopic (exact) mass is 269 g/mol. The van der Waals surface area contributed by atoms with E-state index in [1.165, 1.54) is 6.07 Å². The Kier molecular flexibility index (Phi) is 4.34. The van der Waals surface area contributed by atoms with Crippen LogP contribution in [0.15, 0.2) is 42.5 Å². The molecule has 0 spiro atoms. The maximum atomic E-state index is 13.8. The second-order valence-electron chi connectivity index (χ2n) is 4.84. The van der Waals surface area contributed by atoms with Crippen molar-refractivity contribution >= 4 is 5.69 Å². The van der Waals surface area contributed by atoms with E-state index in [9.17, 15) is 4.39 Å². The van der Waals surface area contributed by atoms with Crippen LogP contribution in [0.4, 0.5) is 10.1 Å². The summed E-state index contributed by atoms with van der Waals surface area (Å²) < 4.78 is 13.8. The van der Waals surface area contributed by atoms with E-state index >= 15 is 0 Å². The third kappa shape index (κ3) is 3.56. The summed E-state index contributed by atoms with van der Waals surface area (Å²) in [7, 11) is 1.92. The van der Waals surface area contributed by atoms with Gasteiger partial charge in [0.05, 0.1) is 11.6 Å². The van der Waals surface area contributed by atoms with Gasteiger partial charge in [0.1, 0.15) is 5.82 Å². The quantitative estimate of drug-likeness (QED) is 0.868. The van der Waals surface area contributed by atoms with Crippen molar-refractivity contribution in [2.75, 3.05) is 12.8 Å². The molecule has 4 heteroatoms. The Morgan fingerprint density at radius 3 is 2.65 bits per heavy atom. The molecule has 2 rings (SSSR count). The number of hydrogen-bond acceptors (Lipinski definition) is 3. The largest absolute Gasteiger partial charge is 0.399 e. The number of benzene rings is 2. The van der Waals surface area contributed by atoms with Crippen molar-refractivity contribution in [3.05, 3.63) is 65.0 Å². The molecule has 0 bridgehead atoms. The predicted octanol–water partition coefficient (Wildman–Crippen LogP) is 2.91. The van der Waals surface area contributed by atoms with Crippen LogP contribution in [0.5, 0.6) is 0 Å². The highest BCUT2D eigenvalue weighted by atomic mass is 19.1. The molecule has 0 unspecified atom stereocenters. The van der Waals surface area contributed by atoms with Gasteiger partial charge < -0.3 is 5.73 Å². The standard InChI is InChI=1S/C16H16FN3/c1-20(10-13-3-2-4-15(19)7-13)11-14-6-5-12(9-18)8-16(14)17/h2-8H,10-11,19H2,1H3. The second kappa shape index (κ2) is 6.18. The molecule has 2 aromatic rings. The van der Waals surface area contributed by atoms with Gasteiger partial charge in [-0.25, -0.2) is 4.39 Å². The lowest BCUT2D eigenvalue weighted by Gasteiger charge is -2.17. The third-order valence-corrected chi connectivity index (χ3v) is 3.03. The normalized spacial score (nSPS) is 10.5. The van der Waals surface area contributed by atoms with E-state index in [0.717, 1.165) is 11.3 Å². The van der Waals surface area contributed by atoms with Crippen molar-refractivity contribution in [2.45, 2.75) is 13.1 Å². The summed E-state index contributed by atoms with van der Waals surface area (Å²) in [6.45, 7) is 1.16. The van der Waals surface area contributed by atoms with Gasteiger partial charge >= 0.3 is 0 Å². The van der Waals surface area contributed by atoms with E-state index in [1.807, 2.05) is 42.3 Å². The number of nitrogens with zero attached hydrogens (tertiary/aromatic N) is 2. The molecule has 0 aliphatic carbocycles. The molecule has 2 N–H and O–H groups in total. The average molecular weight is 269 g/mol. The minimum absolute atomic E-state index is 0.338. The summed E-state index contributed by atoms with van der Waals surface area (Å²) in [6, 6.07) is 14.1.